The second-order valence-corrected chi connectivity index (χ2v) is 3.46. The van der Waals surface area contributed by atoms with Crippen LogP contribution in [0, 0.1) is 0 Å². The lowest BCUT2D eigenvalue weighted by Gasteiger charge is -1.92. The molecule has 0 aliphatic heterocycles. The highest BCUT2D eigenvalue weighted by molar-refractivity contribution is 5.62. The molecule has 2 heteroatoms. The van der Waals surface area contributed by atoms with E-state index in [4.69, 9.17) is 0 Å². The van der Waals surface area contributed by atoms with Crippen LogP contribution in [0.25, 0.3) is 16.9 Å². The maximum absolute atomic E-state index is 4.55. The average molecular weight is 315 g/mol. The van der Waals surface area contributed by atoms with Crippen LogP contribution in [0.5, 0.6) is 0 Å². The van der Waals surface area contributed by atoms with Crippen molar-refractivity contribution >= 4 is 5.65 Å². The van der Waals surface area contributed by atoms with Crippen LogP contribution in [0.4, 0.5) is 0 Å². The van der Waals surface area contributed by atoms with Crippen molar-refractivity contribution < 1.29 is 0 Å². The zero-order valence-electron chi connectivity index (χ0n) is 16.2. The molecule has 0 aliphatic carbocycles. The Morgan fingerprint density at radius 3 is 1.70 bits per heavy atom. The minimum absolute atomic E-state index is 0.983. The minimum Gasteiger partial charge on any atom is -0.306 e. The molecule has 0 saturated heterocycles. The molecule has 1 aromatic carbocycles. The molecule has 3 aromatic rings. The third-order valence-corrected chi connectivity index (χ3v) is 2.43. The monoisotopic (exact) mass is 314 g/mol. The van der Waals surface area contributed by atoms with Gasteiger partial charge in [-0.2, -0.15) is 0 Å². The quantitative estimate of drug-likeness (QED) is 0.468. The number of imidazole rings is 1. The van der Waals surface area contributed by atoms with E-state index in [9.17, 15) is 0 Å². The highest BCUT2D eigenvalue weighted by atomic mass is 15.0. The Labute approximate surface area is 143 Å². The first-order valence-electron chi connectivity index (χ1n) is 8.93. The van der Waals surface area contributed by atoms with E-state index in [-0.39, 0.29) is 0 Å². The molecule has 0 fully saturated rings. The molecule has 0 unspecified atom stereocenters. The normalized spacial score (nSPS) is 8.00. The third kappa shape index (κ3) is 7.64. The number of hydrogen-bond acceptors (Lipinski definition) is 1. The van der Waals surface area contributed by atoms with Crippen LogP contribution in [-0.4, -0.2) is 9.38 Å². The zero-order chi connectivity index (χ0) is 18.1. The first-order valence-corrected chi connectivity index (χ1v) is 8.93. The van der Waals surface area contributed by atoms with E-state index in [2.05, 4.69) is 17.1 Å². The van der Waals surface area contributed by atoms with E-state index in [1.54, 1.807) is 0 Å². The van der Waals surface area contributed by atoms with Crippen molar-refractivity contribution in [3.8, 4) is 11.3 Å². The van der Waals surface area contributed by atoms with Gasteiger partial charge in [0.2, 0.25) is 0 Å². The highest BCUT2D eigenvalue weighted by Gasteiger charge is 2.01. The van der Waals surface area contributed by atoms with Gasteiger partial charge in [-0.3, -0.25) is 0 Å². The van der Waals surface area contributed by atoms with Gasteiger partial charge in [0.25, 0.3) is 0 Å². The van der Waals surface area contributed by atoms with Crippen LogP contribution >= 0.6 is 0 Å². The maximum atomic E-state index is 4.55. The molecule has 23 heavy (non-hydrogen) atoms. The summed E-state index contributed by atoms with van der Waals surface area (Å²) in [5, 5.41) is 0. The topological polar surface area (TPSA) is 17.3 Å². The molecule has 2 aromatic heterocycles. The van der Waals surface area contributed by atoms with E-state index >= 15 is 0 Å². The molecule has 3 rings (SSSR count). The first-order chi connectivity index (χ1) is 11.4. The predicted octanol–water partition coefficient (Wildman–Crippen LogP) is 7.11. The Morgan fingerprint density at radius 2 is 1.17 bits per heavy atom. The molecule has 0 saturated carbocycles. The van der Waals surface area contributed by atoms with Crippen LogP contribution in [-0.2, 0) is 0 Å². The molecule has 2 heterocycles. The Kier molecular flexibility index (Phi) is 16.4. The molecule has 0 N–H and O–H groups in total. The average Bonchev–Trinajstić information content (AvgIpc) is 3.13. The van der Waals surface area contributed by atoms with Crippen LogP contribution < -0.4 is 0 Å². The molecule has 0 atom stereocenters. The van der Waals surface area contributed by atoms with E-state index in [0.29, 0.717) is 0 Å². The summed E-state index contributed by atoms with van der Waals surface area (Å²) < 4.78 is 2.03. The summed E-state index contributed by atoms with van der Waals surface area (Å²) in [7, 11) is 0. The summed E-state index contributed by atoms with van der Waals surface area (Å²) in [6.45, 7) is 16.0. The fraction of sp³-hybridized carbons (Fsp3) is 0.381. The van der Waals surface area contributed by atoms with Crippen LogP contribution in [0.3, 0.4) is 0 Å². The van der Waals surface area contributed by atoms with Gasteiger partial charge in [0.15, 0.2) is 0 Å². The van der Waals surface area contributed by atoms with Crippen molar-refractivity contribution in [2.24, 2.45) is 0 Å². The van der Waals surface area contributed by atoms with Crippen molar-refractivity contribution in [3.05, 3.63) is 60.9 Å². The smallest absolute Gasteiger partial charge is 0.137 e. The van der Waals surface area contributed by atoms with Crippen LogP contribution in [0.2, 0.25) is 0 Å². The van der Waals surface area contributed by atoms with Gasteiger partial charge in [0.05, 0.1) is 5.69 Å². The SMILES string of the molecule is CC.CC.CC.CC.c1ccc(-c2cn3ccccc3n2)cc1. The Balaban J connectivity index is 0. The fourth-order valence-corrected chi connectivity index (χ4v) is 1.68. The van der Waals surface area contributed by atoms with E-state index < -0.39 is 0 Å². The summed E-state index contributed by atoms with van der Waals surface area (Å²) in [5.74, 6) is 0. The lowest BCUT2D eigenvalue weighted by molar-refractivity contribution is 1.19. The first kappa shape index (κ1) is 23.2. The minimum atomic E-state index is 0.983. The molecule has 0 radical (unpaired) electrons. The largest absolute Gasteiger partial charge is 0.306 e. The lowest BCUT2D eigenvalue weighted by atomic mass is 10.2. The van der Waals surface area contributed by atoms with Crippen LogP contribution in [0.15, 0.2) is 60.9 Å². The maximum Gasteiger partial charge on any atom is 0.137 e. The number of fused-ring (bicyclic) bond motifs is 1. The summed E-state index contributed by atoms with van der Waals surface area (Å²) in [4.78, 5) is 4.55. The van der Waals surface area contributed by atoms with Crippen molar-refractivity contribution in [3.63, 3.8) is 0 Å². The summed E-state index contributed by atoms with van der Waals surface area (Å²) in [6.07, 6.45) is 4.06. The number of nitrogens with zero attached hydrogens (tertiary/aromatic N) is 2. The lowest BCUT2D eigenvalue weighted by Crippen LogP contribution is -1.77. The standard InChI is InChI=1S/C13H10N2.4C2H6/c1-2-6-11(7-3-1)12-10-15-9-5-4-8-13(15)14-12;4*1-2/h1-10H;4*1-2H3. The Morgan fingerprint density at radius 1 is 0.652 bits per heavy atom. The second-order valence-electron chi connectivity index (χ2n) is 3.46. The van der Waals surface area contributed by atoms with Gasteiger partial charge in [-0.05, 0) is 12.1 Å². The summed E-state index contributed by atoms with van der Waals surface area (Å²) >= 11 is 0. The number of aromatic nitrogens is 2. The molecule has 0 aliphatic rings. The van der Waals surface area contributed by atoms with Gasteiger partial charge in [0, 0.05) is 18.0 Å². The van der Waals surface area contributed by atoms with Gasteiger partial charge in [0.1, 0.15) is 5.65 Å². The van der Waals surface area contributed by atoms with Gasteiger partial charge in [-0.15, -0.1) is 0 Å². The Hall–Kier alpha value is -2.09. The van der Waals surface area contributed by atoms with Gasteiger partial charge in [-0.1, -0.05) is 91.8 Å². The number of pyridine rings is 1. The molecular weight excluding hydrogens is 280 g/mol. The van der Waals surface area contributed by atoms with E-state index in [0.717, 1.165) is 16.9 Å². The zero-order valence-corrected chi connectivity index (χ0v) is 16.2. The molecule has 0 amide bonds. The van der Waals surface area contributed by atoms with Crippen molar-refractivity contribution in [1.82, 2.24) is 9.38 Å². The van der Waals surface area contributed by atoms with Crippen molar-refractivity contribution in [1.29, 1.82) is 0 Å². The Bertz CT molecular complexity index is 550. The van der Waals surface area contributed by atoms with Crippen molar-refractivity contribution in [2.75, 3.05) is 0 Å². The van der Waals surface area contributed by atoms with Gasteiger partial charge < -0.3 is 4.40 Å². The molecule has 0 spiro atoms. The summed E-state index contributed by atoms with van der Waals surface area (Å²) in [6, 6.07) is 16.2. The highest BCUT2D eigenvalue weighted by Crippen LogP contribution is 2.17. The van der Waals surface area contributed by atoms with E-state index in [1.165, 1.54) is 0 Å². The fourth-order valence-electron chi connectivity index (χ4n) is 1.68. The van der Waals surface area contributed by atoms with E-state index in [1.807, 2.05) is 109 Å². The number of rotatable bonds is 1. The van der Waals surface area contributed by atoms with Crippen LogP contribution in [0.1, 0.15) is 55.4 Å². The third-order valence-electron chi connectivity index (χ3n) is 2.43. The number of hydrogen-bond donors (Lipinski definition) is 0. The molecule has 128 valence electrons. The van der Waals surface area contributed by atoms with Gasteiger partial charge >= 0.3 is 0 Å². The molecule has 0 bridgehead atoms. The second kappa shape index (κ2) is 16.3. The summed E-state index contributed by atoms with van der Waals surface area (Å²) in [5.41, 5.74) is 3.15. The molecule has 2 nitrogen and oxygen atoms in total. The predicted molar refractivity (Wildman–Crippen MR) is 106 cm³/mol. The number of benzene rings is 1. The molecular formula is C21H34N2. The van der Waals surface area contributed by atoms with Crippen molar-refractivity contribution in [2.45, 2.75) is 55.4 Å². The van der Waals surface area contributed by atoms with Gasteiger partial charge in [-0.25, -0.2) is 4.98 Å².